The fraction of sp³-hybridized carbons (Fsp3) is 0.368. The number of hydrogen-bond acceptors (Lipinski definition) is 2. The number of ether oxygens (including phenoxy) is 1. The third kappa shape index (κ3) is 6.45. The van der Waals surface area contributed by atoms with E-state index in [1.807, 2.05) is 56.3 Å². The van der Waals surface area contributed by atoms with E-state index in [0.29, 0.717) is 10.6 Å². The van der Waals surface area contributed by atoms with Gasteiger partial charge in [0, 0.05) is 5.69 Å². The molecular formula is C19H27NO2S. The van der Waals surface area contributed by atoms with E-state index in [1.165, 1.54) is 18.4 Å². The summed E-state index contributed by atoms with van der Waals surface area (Å²) in [6, 6.07) is 13.4. The summed E-state index contributed by atoms with van der Waals surface area (Å²) in [4.78, 5) is 0.647. The van der Waals surface area contributed by atoms with Gasteiger partial charge in [-0.25, -0.2) is 4.21 Å². The molecule has 0 aromatic heterocycles. The highest BCUT2D eigenvalue weighted by Crippen LogP contribution is 2.24. The van der Waals surface area contributed by atoms with Crippen molar-refractivity contribution in [2.24, 2.45) is 0 Å². The van der Waals surface area contributed by atoms with Gasteiger partial charge in [-0.15, -0.1) is 0 Å². The monoisotopic (exact) mass is 333 g/mol. The first-order valence-electron chi connectivity index (χ1n) is 7.91. The zero-order valence-corrected chi connectivity index (χ0v) is 15.5. The Kier molecular flexibility index (Phi) is 8.41. The highest BCUT2D eigenvalue weighted by Gasteiger charge is 2.10. The molecule has 0 aliphatic carbocycles. The molecule has 0 bridgehead atoms. The van der Waals surface area contributed by atoms with Crippen LogP contribution in [-0.4, -0.2) is 11.3 Å². The van der Waals surface area contributed by atoms with Crippen LogP contribution in [0.25, 0.3) is 0 Å². The molecule has 126 valence electrons. The Morgan fingerprint density at radius 3 is 2.04 bits per heavy atom. The highest BCUT2D eigenvalue weighted by molar-refractivity contribution is 7.86. The quantitative estimate of drug-likeness (QED) is 0.811. The normalized spacial score (nSPS) is 11.2. The third-order valence-corrected chi connectivity index (χ3v) is 4.44. The van der Waals surface area contributed by atoms with Gasteiger partial charge >= 0.3 is 0 Å². The predicted molar refractivity (Wildman–Crippen MR) is 99.5 cm³/mol. The average Bonchev–Trinajstić information content (AvgIpc) is 2.56. The standard InChI is InChI=1S/C15H17NO2S.C4H10/c1-11-4-7-13(8-5-11)16-19(17)15-9-6-12(2)10-14(15)18-3;1-3-4-2/h4-10,16H,1-3H3;3-4H2,1-2H3. The minimum absolute atomic E-state index is 0.637. The Morgan fingerprint density at radius 1 is 0.957 bits per heavy atom. The Labute approximate surface area is 142 Å². The number of nitrogens with one attached hydrogen (secondary N) is 1. The number of hydrogen-bond donors (Lipinski definition) is 1. The van der Waals surface area contributed by atoms with E-state index in [0.717, 1.165) is 11.3 Å². The summed E-state index contributed by atoms with van der Waals surface area (Å²) in [7, 11) is 0.249. The lowest BCUT2D eigenvalue weighted by atomic mass is 10.2. The van der Waals surface area contributed by atoms with Gasteiger partial charge < -0.3 is 9.46 Å². The zero-order chi connectivity index (χ0) is 17.2. The van der Waals surface area contributed by atoms with Crippen LogP contribution in [-0.2, 0) is 11.0 Å². The smallest absolute Gasteiger partial charge is 0.154 e. The number of unbranched alkanes of at least 4 members (excludes halogenated alkanes) is 1. The molecule has 0 amide bonds. The highest BCUT2D eigenvalue weighted by atomic mass is 32.2. The van der Waals surface area contributed by atoms with Crippen LogP contribution >= 0.6 is 0 Å². The van der Waals surface area contributed by atoms with Gasteiger partial charge in [-0.2, -0.15) is 0 Å². The minimum Gasteiger partial charge on any atom is -0.495 e. The molecule has 2 aromatic rings. The maximum absolute atomic E-state index is 12.3. The molecule has 1 atom stereocenters. The summed E-state index contributed by atoms with van der Waals surface area (Å²) in [5.41, 5.74) is 3.07. The van der Waals surface area contributed by atoms with E-state index < -0.39 is 11.0 Å². The number of aryl methyl sites for hydroxylation is 2. The minimum atomic E-state index is -1.34. The molecule has 0 saturated carbocycles. The van der Waals surface area contributed by atoms with Gasteiger partial charge in [0.05, 0.1) is 7.11 Å². The Morgan fingerprint density at radius 2 is 1.52 bits per heavy atom. The molecule has 0 spiro atoms. The summed E-state index contributed by atoms with van der Waals surface area (Å²) < 4.78 is 20.6. The van der Waals surface area contributed by atoms with Crippen LogP contribution in [0.15, 0.2) is 47.4 Å². The third-order valence-electron chi connectivity index (χ3n) is 3.28. The van der Waals surface area contributed by atoms with Gasteiger partial charge in [0.25, 0.3) is 0 Å². The summed E-state index contributed by atoms with van der Waals surface area (Å²) >= 11 is 0. The van der Waals surface area contributed by atoms with Gasteiger partial charge in [-0.05, 0) is 43.7 Å². The van der Waals surface area contributed by atoms with Gasteiger partial charge in [-0.1, -0.05) is 50.5 Å². The number of methoxy groups -OCH3 is 1. The van der Waals surface area contributed by atoms with Crippen molar-refractivity contribution in [2.75, 3.05) is 11.8 Å². The SMILES string of the molecule is CCCC.COc1cc(C)ccc1S(=O)Nc1ccc(C)cc1. The van der Waals surface area contributed by atoms with Crippen LogP contribution < -0.4 is 9.46 Å². The van der Waals surface area contributed by atoms with E-state index >= 15 is 0 Å². The first-order valence-corrected chi connectivity index (χ1v) is 9.06. The van der Waals surface area contributed by atoms with Crippen molar-refractivity contribution in [3.8, 4) is 5.75 Å². The second-order valence-corrected chi connectivity index (χ2v) is 6.57. The molecule has 1 unspecified atom stereocenters. The van der Waals surface area contributed by atoms with Crippen LogP contribution in [0.3, 0.4) is 0 Å². The molecule has 2 aromatic carbocycles. The molecule has 1 N–H and O–H groups in total. The molecule has 0 aliphatic rings. The topological polar surface area (TPSA) is 38.3 Å². The lowest BCUT2D eigenvalue weighted by Crippen LogP contribution is -2.06. The maximum Gasteiger partial charge on any atom is 0.154 e. The predicted octanol–water partition coefficient (Wildman–Crippen LogP) is 5.25. The largest absolute Gasteiger partial charge is 0.495 e. The number of anilines is 1. The van der Waals surface area contributed by atoms with Crippen molar-refractivity contribution >= 4 is 16.7 Å². The molecule has 0 radical (unpaired) electrons. The molecular weight excluding hydrogens is 306 g/mol. The zero-order valence-electron chi connectivity index (χ0n) is 14.7. The summed E-state index contributed by atoms with van der Waals surface area (Å²) in [5.74, 6) is 0.637. The Bertz CT molecular complexity index is 622. The number of rotatable bonds is 5. The van der Waals surface area contributed by atoms with Crippen LogP contribution in [0.4, 0.5) is 5.69 Å². The van der Waals surface area contributed by atoms with Crippen molar-refractivity contribution < 1.29 is 8.95 Å². The van der Waals surface area contributed by atoms with Gasteiger partial charge in [0.15, 0.2) is 11.0 Å². The molecule has 0 saturated heterocycles. The van der Waals surface area contributed by atoms with Crippen molar-refractivity contribution in [2.45, 2.75) is 45.4 Å². The molecule has 4 heteroatoms. The van der Waals surface area contributed by atoms with Gasteiger partial charge in [0.2, 0.25) is 0 Å². The first kappa shape index (κ1) is 19.2. The van der Waals surface area contributed by atoms with Crippen molar-refractivity contribution in [3.05, 3.63) is 53.6 Å². The van der Waals surface area contributed by atoms with Gasteiger partial charge in [0.1, 0.15) is 10.6 Å². The van der Waals surface area contributed by atoms with E-state index in [-0.39, 0.29) is 0 Å². The molecule has 23 heavy (non-hydrogen) atoms. The molecule has 0 aliphatic heterocycles. The van der Waals surface area contributed by atoms with Crippen molar-refractivity contribution in [1.29, 1.82) is 0 Å². The van der Waals surface area contributed by atoms with Crippen LogP contribution in [0.1, 0.15) is 37.8 Å². The van der Waals surface area contributed by atoms with Crippen LogP contribution in [0.2, 0.25) is 0 Å². The van der Waals surface area contributed by atoms with E-state index in [1.54, 1.807) is 7.11 Å². The lowest BCUT2D eigenvalue weighted by Gasteiger charge is -2.10. The summed E-state index contributed by atoms with van der Waals surface area (Å²) in [6.07, 6.45) is 2.64. The van der Waals surface area contributed by atoms with Crippen LogP contribution in [0, 0.1) is 13.8 Å². The van der Waals surface area contributed by atoms with Crippen LogP contribution in [0.5, 0.6) is 5.75 Å². The van der Waals surface area contributed by atoms with Gasteiger partial charge in [-0.3, -0.25) is 0 Å². The lowest BCUT2D eigenvalue weighted by molar-refractivity contribution is 0.404. The fourth-order valence-corrected chi connectivity index (χ4v) is 2.69. The Balaban J connectivity index is 0.000000593. The average molecular weight is 333 g/mol. The van der Waals surface area contributed by atoms with E-state index in [9.17, 15) is 4.21 Å². The summed E-state index contributed by atoms with van der Waals surface area (Å²) in [5, 5.41) is 0. The molecule has 3 nitrogen and oxygen atoms in total. The van der Waals surface area contributed by atoms with E-state index in [2.05, 4.69) is 18.6 Å². The molecule has 2 rings (SSSR count). The van der Waals surface area contributed by atoms with E-state index in [4.69, 9.17) is 4.74 Å². The fourth-order valence-electron chi connectivity index (χ4n) is 1.71. The maximum atomic E-state index is 12.3. The second kappa shape index (κ2) is 10.1. The Hall–Kier alpha value is -1.81. The van der Waals surface area contributed by atoms with Crippen molar-refractivity contribution in [3.63, 3.8) is 0 Å². The number of benzene rings is 2. The van der Waals surface area contributed by atoms with Crippen molar-refractivity contribution in [1.82, 2.24) is 0 Å². The first-order chi connectivity index (χ1) is 11.0. The second-order valence-electron chi connectivity index (χ2n) is 5.39. The summed E-state index contributed by atoms with van der Waals surface area (Å²) in [6.45, 7) is 8.35. The molecule has 0 fully saturated rings. The molecule has 0 heterocycles.